The van der Waals surface area contributed by atoms with Crippen LogP contribution in [0.15, 0.2) is 0 Å². The van der Waals surface area contributed by atoms with Gasteiger partial charge in [0.2, 0.25) is 23.6 Å². The Morgan fingerprint density at radius 3 is 1.23 bits per heavy atom. The molecular formula is C24H40N6O12S2. The van der Waals surface area contributed by atoms with Crippen LogP contribution in [-0.4, -0.2) is 125 Å². The van der Waals surface area contributed by atoms with Crippen LogP contribution in [0.5, 0.6) is 0 Å². The zero-order valence-electron chi connectivity index (χ0n) is 24.8. The van der Waals surface area contributed by atoms with Gasteiger partial charge in [0.1, 0.15) is 37.3 Å². The summed E-state index contributed by atoms with van der Waals surface area (Å²) in [7, 11) is 6.68. The van der Waals surface area contributed by atoms with Crippen molar-refractivity contribution in [3.8, 4) is 0 Å². The van der Waals surface area contributed by atoms with E-state index in [9.17, 15) is 38.4 Å². The summed E-state index contributed by atoms with van der Waals surface area (Å²) in [4.78, 5) is 96.1. The fraction of sp³-hybridized carbons (Fsp3) is 0.667. The summed E-state index contributed by atoms with van der Waals surface area (Å²) in [5.41, 5.74) is 11.3. The summed E-state index contributed by atoms with van der Waals surface area (Å²) in [5.74, 6) is -5.60. The summed E-state index contributed by atoms with van der Waals surface area (Å²) in [6.07, 6.45) is -0.515. The second kappa shape index (κ2) is 22.9. The van der Waals surface area contributed by atoms with E-state index in [1.54, 1.807) is 0 Å². The normalized spacial score (nSPS) is 13.1. The lowest BCUT2D eigenvalue weighted by molar-refractivity contribution is -0.143. The lowest BCUT2D eigenvalue weighted by Gasteiger charge is -2.20. The molecule has 0 aliphatic carbocycles. The minimum atomic E-state index is -1.15. The minimum Gasteiger partial charge on any atom is -0.468 e. The Kier molecular flexibility index (Phi) is 21.0. The maximum atomic E-state index is 12.7. The highest BCUT2D eigenvalue weighted by Crippen LogP contribution is 2.23. The summed E-state index contributed by atoms with van der Waals surface area (Å²) in [5, 5.41) is 9.67. The number of carbonyl (C=O) groups is 8. The van der Waals surface area contributed by atoms with Crippen LogP contribution in [0.2, 0.25) is 0 Å². The molecule has 0 aromatic rings. The molecule has 0 fully saturated rings. The molecule has 0 spiro atoms. The number of carbonyl (C=O) groups excluding carboxylic acids is 8. The zero-order chi connectivity index (χ0) is 33.7. The smallest absolute Gasteiger partial charge is 0.325 e. The molecule has 0 aliphatic rings. The quantitative estimate of drug-likeness (QED) is 0.0299. The average Bonchev–Trinajstić information content (AvgIpc) is 3.02. The van der Waals surface area contributed by atoms with Gasteiger partial charge in [-0.15, -0.1) is 0 Å². The molecule has 8 N–H and O–H groups in total. The molecule has 0 heterocycles. The predicted molar refractivity (Wildman–Crippen MR) is 157 cm³/mol. The fourth-order valence-electron chi connectivity index (χ4n) is 2.95. The third-order valence-corrected chi connectivity index (χ3v) is 7.92. The Morgan fingerprint density at radius 1 is 0.591 bits per heavy atom. The van der Waals surface area contributed by atoms with Gasteiger partial charge >= 0.3 is 23.9 Å². The first-order chi connectivity index (χ1) is 20.8. The molecule has 0 rings (SSSR count). The molecule has 0 saturated carbocycles. The van der Waals surface area contributed by atoms with Crippen molar-refractivity contribution in [3.05, 3.63) is 0 Å². The van der Waals surface area contributed by atoms with E-state index in [2.05, 4.69) is 40.2 Å². The molecule has 250 valence electrons. The van der Waals surface area contributed by atoms with E-state index in [4.69, 9.17) is 11.5 Å². The zero-order valence-corrected chi connectivity index (χ0v) is 26.5. The molecular weight excluding hydrogens is 628 g/mol. The average molecular weight is 669 g/mol. The van der Waals surface area contributed by atoms with Crippen molar-refractivity contribution in [2.75, 3.05) is 53.0 Å². The maximum Gasteiger partial charge on any atom is 0.325 e. The second-order valence-electron chi connectivity index (χ2n) is 8.73. The van der Waals surface area contributed by atoms with E-state index in [1.807, 2.05) is 0 Å². The first kappa shape index (κ1) is 40.4. The van der Waals surface area contributed by atoms with Crippen LogP contribution in [0.4, 0.5) is 0 Å². The van der Waals surface area contributed by atoms with Crippen molar-refractivity contribution >= 4 is 69.1 Å². The van der Waals surface area contributed by atoms with Crippen molar-refractivity contribution < 1.29 is 57.3 Å². The predicted octanol–water partition coefficient (Wildman–Crippen LogP) is -3.52. The largest absolute Gasteiger partial charge is 0.468 e. The van der Waals surface area contributed by atoms with Gasteiger partial charge in [-0.25, -0.2) is 0 Å². The van der Waals surface area contributed by atoms with Gasteiger partial charge in [0, 0.05) is 24.3 Å². The van der Waals surface area contributed by atoms with Crippen LogP contribution in [0.1, 0.15) is 25.7 Å². The van der Waals surface area contributed by atoms with Crippen LogP contribution in [0.3, 0.4) is 0 Å². The first-order valence-electron chi connectivity index (χ1n) is 13.0. The molecule has 0 radical (unpaired) electrons. The third kappa shape index (κ3) is 17.5. The number of nitrogens with two attached hydrogens (primary N) is 2. The van der Waals surface area contributed by atoms with Gasteiger partial charge in [0.25, 0.3) is 0 Å². The van der Waals surface area contributed by atoms with E-state index < -0.39 is 84.8 Å². The number of hydrogen-bond acceptors (Lipinski definition) is 16. The molecule has 0 aliphatic heterocycles. The Bertz CT molecular complexity index is 940. The van der Waals surface area contributed by atoms with Crippen LogP contribution < -0.4 is 32.7 Å². The van der Waals surface area contributed by atoms with Crippen molar-refractivity contribution in [1.82, 2.24) is 21.3 Å². The number of nitrogens with one attached hydrogen (secondary N) is 4. The summed E-state index contributed by atoms with van der Waals surface area (Å²) < 4.78 is 18.0. The van der Waals surface area contributed by atoms with E-state index in [0.717, 1.165) is 50.0 Å². The van der Waals surface area contributed by atoms with Crippen LogP contribution >= 0.6 is 21.6 Å². The number of hydrogen-bond donors (Lipinski definition) is 6. The van der Waals surface area contributed by atoms with Gasteiger partial charge in [-0.3, -0.25) is 38.4 Å². The molecule has 4 atom stereocenters. The molecule has 20 heteroatoms. The van der Waals surface area contributed by atoms with Crippen molar-refractivity contribution in [2.45, 2.75) is 49.9 Å². The van der Waals surface area contributed by atoms with E-state index in [0.29, 0.717) is 0 Å². The SMILES string of the molecule is COC(=O)CNC(=O)[C@H](CSSC[C@H](NC(=O)CC[C@H](N)C(=O)OC)C(=O)NCC(=O)OC)NC(=O)CC[C@H](N)C(=O)OC. The lowest BCUT2D eigenvalue weighted by atomic mass is 10.1. The maximum absolute atomic E-state index is 12.7. The molecule has 0 bridgehead atoms. The molecule has 4 amide bonds. The molecule has 18 nitrogen and oxygen atoms in total. The molecule has 0 saturated heterocycles. The van der Waals surface area contributed by atoms with E-state index >= 15 is 0 Å². The molecule has 0 aromatic carbocycles. The highest BCUT2D eigenvalue weighted by Gasteiger charge is 2.26. The number of esters is 4. The van der Waals surface area contributed by atoms with Gasteiger partial charge in [-0.05, 0) is 12.8 Å². The van der Waals surface area contributed by atoms with Gasteiger partial charge in [0.05, 0.1) is 28.4 Å². The number of amides is 4. The Hall–Kier alpha value is -3.62. The van der Waals surface area contributed by atoms with Crippen molar-refractivity contribution in [3.63, 3.8) is 0 Å². The molecule has 0 aromatic heterocycles. The highest BCUT2D eigenvalue weighted by molar-refractivity contribution is 8.76. The second-order valence-corrected chi connectivity index (χ2v) is 11.3. The van der Waals surface area contributed by atoms with Crippen LogP contribution in [0.25, 0.3) is 0 Å². The summed E-state index contributed by atoms with van der Waals surface area (Å²) in [6.45, 7) is -0.915. The van der Waals surface area contributed by atoms with Gasteiger partial charge < -0.3 is 51.7 Å². The van der Waals surface area contributed by atoms with Gasteiger partial charge in [-0.2, -0.15) is 0 Å². The third-order valence-electron chi connectivity index (χ3n) is 5.50. The Morgan fingerprint density at radius 2 is 0.932 bits per heavy atom. The molecule has 44 heavy (non-hydrogen) atoms. The van der Waals surface area contributed by atoms with Crippen molar-refractivity contribution in [1.29, 1.82) is 0 Å². The number of ether oxygens (including phenoxy) is 4. The first-order valence-corrected chi connectivity index (χ1v) is 15.5. The standard InChI is InChI=1S/C24H40N6O12S2/c1-39-19(33)9-27-21(35)15(29-17(31)7-5-13(25)23(37)41-3)11-43-44-12-16(22(36)28-10-20(34)40-2)30-18(32)8-6-14(26)24(38)42-4/h13-16H,5-12,25-26H2,1-4H3,(H,27,35)(H,28,36)(H,29,31)(H,30,32)/t13-,14-,15-,16-/m0/s1. The van der Waals surface area contributed by atoms with E-state index in [1.165, 1.54) is 0 Å². The summed E-state index contributed by atoms with van der Waals surface area (Å²) >= 11 is 0. The summed E-state index contributed by atoms with van der Waals surface area (Å²) in [6, 6.07) is -4.40. The van der Waals surface area contributed by atoms with E-state index in [-0.39, 0.29) is 37.2 Å². The fourth-order valence-corrected chi connectivity index (χ4v) is 5.28. The Balaban J connectivity index is 5.33. The van der Waals surface area contributed by atoms with Gasteiger partial charge in [0.15, 0.2) is 0 Å². The lowest BCUT2D eigenvalue weighted by Crippen LogP contribution is -2.50. The van der Waals surface area contributed by atoms with Gasteiger partial charge in [-0.1, -0.05) is 21.6 Å². The highest BCUT2D eigenvalue weighted by atomic mass is 33.1. The monoisotopic (exact) mass is 668 g/mol. The topological polar surface area (TPSA) is 274 Å². The van der Waals surface area contributed by atoms with Crippen molar-refractivity contribution in [2.24, 2.45) is 11.5 Å². The molecule has 0 unspecified atom stereocenters. The van der Waals surface area contributed by atoms with Crippen LogP contribution in [-0.2, 0) is 57.3 Å². The minimum absolute atomic E-state index is 0.0507. The van der Waals surface area contributed by atoms with Crippen LogP contribution in [0, 0.1) is 0 Å². The number of methoxy groups -OCH3 is 4. The Labute approximate surface area is 261 Å². The number of rotatable bonds is 21.